The van der Waals surface area contributed by atoms with Gasteiger partial charge in [0.1, 0.15) is 5.60 Å². The lowest BCUT2D eigenvalue weighted by molar-refractivity contribution is -0.134. The number of benzene rings is 1. The number of esters is 1. The van der Waals surface area contributed by atoms with E-state index in [1.165, 1.54) is 13.2 Å². The van der Waals surface area contributed by atoms with Crippen LogP contribution < -0.4 is 0 Å². The van der Waals surface area contributed by atoms with Crippen LogP contribution in [-0.4, -0.2) is 29.7 Å². The third-order valence-electron chi connectivity index (χ3n) is 3.29. The van der Waals surface area contributed by atoms with Gasteiger partial charge in [0.05, 0.1) is 19.7 Å². The molecule has 118 valence electrons. The Morgan fingerprint density at radius 1 is 1.27 bits per heavy atom. The molecule has 0 aromatic heterocycles. The molecule has 1 unspecified atom stereocenters. The van der Waals surface area contributed by atoms with Crippen LogP contribution in [0.25, 0.3) is 0 Å². The quantitative estimate of drug-likeness (QED) is 0.622. The Labute approximate surface area is 130 Å². The van der Waals surface area contributed by atoms with E-state index < -0.39 is 17.7 Å². The van der Waals surface area contributed by atoms with Crippen LogP contribution in [0.3, 0.4) is 0 Å². The fraction of sp³-hybridized carbons (Fsp3) is 0.412. The van der Waals surface area contributed by atoms with E-state index in [1.54, 1.807) is 11.0 Å². The van der Waals surface area contributed by atoms with Crippen LogP contribution in [0.4, 0.5) is 4.79 Å². The molecule has 0 aliphatic carbocycles. The second-order valence-corrected chi connectivity index (χ2v) is 6.13. The van der Waals surface area contributed by atoms with Gasteiger partial charge in [-0.2, -0.15) is 0 Å². The maximum absolute atomic E-state index is 12.4. The summed E-state index contributed by atoms with van der Waals surface area (Å²) in [6.45, 7) is 5.94. The first-order valence-electron chi connectivity index (χ1n) is 7.15. The average molecular weight is 303 g/mol. The summed E-state index contributed by atoms with van der Waals surface area (Å²) >= 11 is 0. The molecule has 0 spiro atoms. The first kappa shape index (κ1) is 16.1. The molecule has 0 N–H and O–H groups in total. The number of carbonyl (C=O) groups is 2. The minimum Gasteiger partial charge on any atom is -0.466 e. The van der Waals surface area contributed by atoms with E-state index in [-0.39, 0.29) is 6.04 Å². The van der Waals surface area contributed by atoms with Crippen molar-refractivity contribution in [1.82, 2.24) is 4.90 Å². The number of nitrogens with zero attached hydrogens (tertiary/aromatic N) is 1. The zero-order valence-electron chi connectivity index (χ0n) is 13.3. The molecule has 0 saturated heterocycles. The molecular weight excluding hydrogens is 282 g/mol. The lowest BCUT2D eigenvalue weighted by Gasteiger charge is -2.27. The number of methoxy groups -OCH3 is 1. The van der Waals surface area contributed by atoms with Gasteiger partial charge in [-0.05, 0) is 31.9 Å². The molecule has 0 bridgehead atoms. The molecule has 2 rings (SSSR count). The number of fused-ring (bicyclic) bond motifs is 1. The SMILES string of the molecule is COC(=O)C=CC1c2ccccc2CN1C(=O)OC(C)(C)C. The van der Waals surface area contributed by atoms with Gasteiger partial charge >= 0.3 is 12.1 Å². The highest BCUT2D eigenvalue weighted by atomic mass is 16.6. The van der Waals surface area contributed by atoms with Gasteiger partial charge in [-0.3, -0.25) is 4.90 Å². The molecule has 0 saturated carbocycles. The molecule has 1 aromatic carbocycles. The molecule has 1 aromatic rings. The number of ether oxygens (including phenoxy) is 2. The van der Waals surface area contributed by atoms with E-state index in [1.807, 2.05) is 45.0 Å². The van der Waals surface area contributed by atoms with Crippen LogP contribution >= 0.6 is 0 Å². The third-order valence-corrected chi connectivity index (χ3v) is 3.29. The molecule has 1 amide bonds. The summed E-state index contributed by atoms with van der Waals surface area (Å²) in [7, 11) is 1.32. The maximum atomic E-state index is 12.4. The van der Waals surface area contributed by atoms with E-state index in [0.717, 1.165) is 11.1 Å². The van der Waals surface area contributed by atoms with Gasteiger partial charge in [-0.25, -0.2) is 9.59 Å². The summed E-state index contributed by atoms with van der Waals surface area (Å²) in [5.41, 5.74) is 1.48. The van der Waals surface area contributed by atoms with E-state index >= 15 is 0 Å². The van der Waals surface area contributed by atoms with Crippen LogP contribution in [-0.2, 0) is 20.8 Å². The summed E-state index contributed by atoms with van der Waals surface area (Å²) < 4.78 is 10.1. The first-order chi connectivity index (χ1) is 10.3. The van der Waals surface area contributed by atoms with Gasteiger partial charge in [0.15, 0.2) is 0 Å². The highest BCUT2D eigenvalue weighted by Gasteiger charge is 2.34. The monoisotopic (exact) mass is 303 g/mol. The Hall–Kier alpha value is -2.30. The zero-order chi connectivity index (χ0) is 16.3. The second-order valence-electron chi connectivity index (χ2n) is 6.13. The summed E-state index contributed by atoms with van der Waals surface area (Å²) in [6.07, 6.45) is 2.61. The topological polar surface area (TPSA) is 55.8 Å². The molecule has 5 nitrogen and oxygen atoms in total. The molecule has 1 atom stereocenters. The molecule has 22 heavy (non-hydrogen) atoms. The molecule has 0 radical (unpaired) electrons. The smallest absolute Gasteiger partial charge is 0.411 e. The number of rotatable bonds is 2. The van der Waals surface area contributed by atoms with Crippen molar-refractivity contribution < 1.29 is 19.1 Å². The van der Waals surface area contributed by atoms with E-state index in [0.29, 0.717) is 6.54 Å². The zero-order valence-corrected chi connectivity index (χ0v) is 13.3. The van der Waals surface area contributed by atoms with Gasteiger partial charge in [0.25, 0.3) is 0 Å². The molecule has 5 heteroatoms. The third kappa shape index (κ3) is 3.67. The van der Waals surface area contributed by atoms with Crippen molar-refractivity contribution in [1.29, 1.82) is 0 Å². The Morgan fingerprint density at radius 3 is 2.59 bits per heavy atom. The summed E-state index contributed by atoms with van der Waals surface area (Å²) in [6, 6.07) is 7.43. The predicted molar refractivity (Wildman–Crippen MR) is 82.1 cm³/mol. The Balaban J connectivity index is 2.28. The largest absolute Gasteiger partial charge is 0.466 e. The fourth-order valence-electron chi connectivity index (χ4n) is 2.36. The normalized spacial score (nSPS) is 17.5. The lowest BCUT2D eigenvalue weighted by Crippen LogP contribution is -2.35. The first-order valence-corrected chi connectivity index (χ1v) is 7.15. The summed E-state index contributed by atoms with van der Waals surface area (Å²) in [5.74, 6) is -0.450. The summed E-state index contributed by atoms with van der Waals surface area (Å²) in [5, 5.41) is 0. The molecule has 1 heterocycles. The Morgan fingerprint density at radius 2 is 1.95 bits per heavy atom. The minimum absolute atomic E-state index is 0.329. The van der Waals surface area contributed by atoms with Crippen molar-refractivity contribution in [3.63, 3.8) is 0 Å². The van der Waals surface area contributed by atoms with E-state index in [2.05, 4.69) is 4.74 Å². The minimum atomic E-state index is -0.567. The highest BCUT2D eigenvalue weighted by molar-refractivity contribution is 5.82. The van der Waals surface area contributed by atoms with Crippen LogP contribution in [0.1, 0.15) is 37.9 Å². The van der Waals surface area contributed by atoms with Gasteiger partial charge in [0, 0.05) is 6.08 Å². The second kappa shape index (κ2) is 6.22. The number of amides is 1. The van der Waals surface area contributed by atoms with Crippen LogP contribution in [0.15, 0.2) is 36.4 Å². The standard InChI is InChI=1S/C17H21NO4/c1-17(2,3)22-16(20)18-11-12-7-5-6-8-13(12)14(18)9-10-15(19)21-4/h5-10,14H,11H2,1-4H3. The molecule has 1 aliphatic heterocycles. The predicted octanol–water partition coefficient (Wildman–Crippen LogP) is 3.21. The number of hydrogen-bond donors (Lipinski definition) is 0. The number of carbonyl (C=O) groups excluding carboxylic acids is 2. The number of hydrogen-bond acceptors (Lipinski definition) is 4. The molecule has 0 fully saturated rings. The van der Waals surface area contributed by atoms with Crippen molar-refractivity contribution in [2.75, 3.05) is 7.11 Å². The molecule has 1 aliphatic rings. The highest BCUT2D eigenvalue weighted by Crippen LogP contribution is 2.35. The lowest BCUT2D eigenvalue weighted by atomic mass is 10.0. The Kier molecular flexibility index (Phi) is 4.54. The van der Waals surface area contributed by atoms with E-state index in [4.69, 9.17) is 4.74 Å². The average Bonchev–Trinajstić information content (AvgIpc) is 2.81. The summed E-state index contributed by atoms with van der Waals surface area (Å²) in [4.78, 5) is 25.4. The van der Waals surface area contributed by atoms with Crippen LogP contribution in [0.5, 0.6) is 0 Å². The van der Waals surface area contributed by atoms with Crippen LogP contribution in [0.2, 0.25) is 0 Å². The van der Waals surface area contributed by atoms with Gasteiger partial charge in [0.2, 0.25) is 0 Å². The van der Waals surface area contributed by atoms with Crippen molar-refractivity contribution in [3.8, 4) is 0 Å². The maximum Gasteiger partial charge on any atom is 0.411 e. The van der Waals surface area contributed by atoms with Crippen molar-refractivity contribution in [2.24, 2.45) is 0 Å². The van der Waals surface area contributed by atoms with Gasteiger partial charge in [-0.1, -0.05) is 30.3 Å². The van der Waals surface area contributed by atoms with Crippen molar-refractivity contribution in [3.05, 3.63) is 47.5 Å². The fourth-order valence-corrected chi connectivity index (χ4v) is 2.36. The van der Waals surface area contributed by atoms with Crippen molar-refractivity contribution in [2.45, 2.75) is 39.0 Å². The van der Waals surface area contributed by atoms with Crippen LogP contribution in [0, 0.1) is 0 Å². The Bertz CT molecular complexity index is 601. The molecular formula is C17H21NO4. The van der Waals surface area contributed by atoms with E-state index in [9.17, 15) is 9.59 Å². The van der Waals surface area contributed by atoms with Crippen molar-refractivity contribution >= 4 is 12.1 Å². The van der Waals surface area contributed by atoms with Gasteiger partial charge in [-0.15, -0.1) is 0 Å². The van der Waals surface area contributed by atoms with Gasteiger partial charge < -0.3 is 9.47 Å².